The molecule has 34 heteroatoms. The summed E-state index contributed by atoms with van der Waals surface area (Å²) < 4.78 is 75.5. The van der Waals surface area contributed by atoms with Crippen molar-refractivity contribution in [2.45, 2.75) is 294 Å². The van der Waals surface area contributed by atoms with Crippen molar-refractivity contribution >= 4 is 41.1 Å². The van der Waals surface area contributed by atoms with E-state index in [1.807, 2.05) is 0 Å². The average Bonchev–Trinajstić information content (AvgIpc) is 0.743. The van der Waals surface area contributed by atoms with E-state index in [0.29, 0.717) is 25.7 Å². The highest BCUT2D eigenvalue weighted by atomic mass is 35.5. The molecule has 0 aromatic heterocycles. The number of benzene rings is 2. The topological polar surface area (TPSA) is 495 Å². The molecule has 32 nitrogen and oxygen atoms in total. The van der Waals surface area contributed by atoms with Crippen LogP contribution in [0.15, 0.2) is 11.6 Å². The Morgan fingerprint density at radius 1 is 0.564 bits per heavy atom. The maximum absolute atomic E-state index is 15.4. The molecule has 0 radical (unpaired) electrons. The van der Waals surface area contributed by atoms with Crippen LogP contribution in [-0.2, 0) is 56.9 Å². The molecular weight excluding hydrogens is 1500 g/mol. The summed E-state index contributed by atoms with van der Waals surface area (Å²) in [6.45, 7) is 21.6. The van der Waals surface area contributed by atoms with Crippen LogP contribution in [0.25, 0.3) is 0 Å². The van der Waals surface area contributed by atoms with Gasteiger partial charge in [0.05, 0.1) is 56.4 Å². The number of allylic oxidation sites excluding steroid dienone is 2. The molecule has 618 valence electrons. The summed E-state index contributed by atoms with van der Waals surface area (Å²) in [5.74, 6) is -3.74. The average molecular weight is 1600 g/mol. The molecule has 5 aliphatic carbocycles. The Kier molecular flexibility index (Phi) is 24.2. The van der Waals surface area contributed by atoms with E-state index in [1.54, 1.807) is 6.92 Å². The number of hydrogen-bond donors (Lipinski definition) is 16. The third kappa shape index (κ3) is 14.1. The molecule has 6 aliphatic heterocycles. The Bertz CT molecular complexity index is 3800. The summed E-state index contributed by atoms with van der Waals surface area (Å²) in [6.07, 6.45) is -29.2. The molecule has 0 spiro atoms. The summed E-state index contributed by atoms with van der Waals surface area (Å²) >= 11 is 12.2. The first kappa shape index (κ1) is 85.0. The lowest BCUT2D eigenvalue weighted by Crippen LogP contribution is -2.68. The minimum absolute atomic E-state index is 0.0131. The first-order chi connectivity index (χ1) is 51.4. The second kappa shape index (κ2) is 31.3. The molecule has 9 fully saturated rings. The predicted molar refractivity (Wildman–Crippen MR) is 379 cm³/mol. The number of phenolic OH excluding ortho intramolecular Hbond substituents is 2. The van der Waals surface area contributed by atoms with Gasteiger partial charge in [0.1, 0.15) is 119 Å². The monoisotopic (exact) mass is 1600 g/mol. The lowest BCUT2D eigenvalue weighted by atomic mass is 9.33. The Morgan fingerprint density at radius 2 is 1.12 bits per heavy atom. The summed E-state index contributed by atoms with van der Waals surface area (Å²) in [7, 11) is 1.17. The number of phenols is 2. The van der Waals surface area contributed by atoms with E-state index in [1.165, 1.54) is 34.8 Å². The number of aliphatic hydroxyl groups is 14. The largest absolute Gasteiger partial charge is 0.507 e. The summed E-state index contributed by atoms with van der Waals surface area (Å²) in [5, 5.41) is 173. The molecule has 6 heterocycles. The van der Waals surface area contributed by atoms with Gasteiger partial charge in [0.15, 0.2) is 54.3 Å². The third-order valence-electron chi connectivity index (χ3n) is 27.1. The molecule has 13 rings (SSSR count). The molecule has 32 atom stereocenters. The van der Waals surface area contributed by atoms with E-state index in [2.05, 4.69) is 54.5 Å². The van der Waals surface area contributed by atoms with Crippen LogP contribution in [0.4, 0.5) is 0 Å². The van der Waals surface area contributed by atoms with Crippen molar-refractivity contribution in [1.29, 1.82) is 0 Å². The maximum Gasteiger partial charge on any atom is 0.347 e. The minimum atomic E-state index is -1.93. The molecule has 0 amide bonds. The molecular formula is C76H108Cl2O32. The van der Waals surface area contributed by atoms with E-state index < -0.39 is 218 Å². The number of ether oxygens (including phenoxy) is 13. The number of esters is 3. The van der Waals surface area contributed by atoms with E-state index in [-0.39, 0.29) is 103 Å². The number of halogens is 2. The highest BCUT2D eigenvalue weighted by molar-refractivity contribution is 6.39. The van der Waals surface area contributed by atoms with Crippen LogP contribution in [0.1, 0.15) is 158 Å². The number of fused-ring (bicyclic) bond motifs is 9. The van der Waals surface area contributed by atoms with Gasteiger partial charge in [-0.25, -0.2) is 9.59 Å². The van der Waals surface area contributed by atoms with Crippen molar-refractivity contribution in [3.05, 3.63) is 49.5 Å². The molecule has 11 aliphatic rings. The number of methoxy groups -OCH3 is 1. The van der Waals surface area contributed by atoms with E-state index in [9.17, 15) is 91.3 Å². The smallest absolute Gasteiger partial charge is 0.347 e. The second-order valence-electron chi connectivity index (χ2n) is 34.2. The molecule has 4 saturated carbocycles. The highest BCUT2D eigenvalue weighted by Gasteiger charge is 2.72. The first-order valence-corrected chi connectivity index (χ1v) is 38.4. The minimum Gasteiger partial charge on any atom is -0.507 e. The van der Waals surface area contributed by atoms with Crippen molar-refractivity contribution < 1.29 is 158 Å². The molecule has 0 bridgehead atoms. The number of carbonyl (C=O) groups excluding carboxylic acids is 3. The fourth-order valence-electron chi connectivity index (χ4n) is 20.4. The standard InChI is InChI=1S/C58H94O25.C18H14Cl2O7/c1-23-44(80-47-40(69)34(63)27(60)21-74-47)38(67)42(71)48(76-23)79-33-13-14-55(7)30(54(33,5)6)12-15-56(8)31(55)11-10-25-26-18-53(3,4)16-17-58(26,32(62)19-57(25,56)9)52(73)83-51-46(35(64)28(61)22-75-51)82-49-43(72)39(68)45(24(2)77-49)81-50-41(70)37(66)36(65)29(20-59)78-50;1-5-9-16(11(20)13(22)10(5)19)26-14-6(2)8(17(23)25-4)12(21)7(3)15(14)27-18(9)24/h10,23-24,26-51,59-72H,11-22H2,1-9H3;21-22H,1-4H3. The van der Waals surface area contributed by atoms with Crippen molar-refractivity contribution in [2.24, 2.45) is 50.2 Å². The second-order valence-corrected chi connectivity index (χ2v) is 34.9. The van der Waals surface area contributed by atoms with Gasteiger partial charge in [-0.05, 0) is 143 Å². The lowest BCUT2D eigenvalue weighted by Gasteiger charge is -2.71. The number of rotatable bonds is 12. The van der Waals surface area contributed by atoms with Gasteiger partial charge in [0.25, 0.3) is 0 Å². The number of hydrogen-bond acceptors (Lipinski definition) is 32. The zero-order valence-electron chi connectivity index (χ0n) is 63.7. The zero-order valence-corrected chi connectivity index (χ0v) is 65.2. The van der Waals surface area contributed by atoms with Crippen LogP contribution in [0, 0.1) is 71.0 Å². The predicted octanol–water partition coefficient (Wildman–Crippen LogP) is 2.53. The van der Waals surface area contributed by atoms with Crippen LogP contribution in [0.2, 0.25) is 10.0 Å². The van der Waals surface area contributed by atoms with Crippen LogP contribution in [0.5, 0.6) is 28.7 Å². The van der Waals surface area contributed by atoms with Crippen LogP contribution >= 0.6 is 23.2 Å². The highest BCUT2D eigenvalue weighted by Crippen LogP contribution is 2.76. The number of aliphatic hydroxyl groups excluding tert-OH is 14. The normalized spacial score (nSPS) is 44.7. The Balaban J connectivity index is 0.000000350. The van der Waals surface area contributed by atoms with Gasteiger partial charge >= 0.3 is 17.9 Å². The summed E-state index contributed by atoms with van der Waals surface area (Å²) in [5.41, 5.74) is -2.01. The van der Waals surface area contributed by atoms with Crippen molar-refractivity contribution in [3.63, 3.8) is 0 Å². The molecule has 32 unspecified atom stereocenters. The van der Waals surface area contributed by atoms with Gasteiger partial charge in [0.2, 0.25) is 6.29 Å². The third-order valence-corrected chi connectivity index (χ3v) is 27.9. The van der Waals surface area contributed by atoms with E-state index in [0.717, 1.165) is 24.8 Å². The van der Waals surface area contributed by atoms with E-state index in [4.69, 9.17) is 84.8 Å². The molecule has 16 N–H and O–H groups in total. The first-order valence-electron chi connectivity index (χ1n) is 37.6. The molecule has 2 aromatic rings. The molecule has 2 aromatic carbocycles. The van der Waals surface area contributed by atoms with Gasteiger partial charge in [0, 0.05) is 11.1 Å². The van der Waals surface area contributed by atoms with Crippen molar-refractivity contribution in [1.82, 2.24) is 0 Å². The summed E-state index contributed by atoms with van der Waals surface area (Å²) in [6, 6.07) is 0. The fraction of sp³-hybridized carbons (Fsp3) is 0.776. The SMILES string of the molecule is CC1OC(OC2CCC3(C)C(CCC4(C)C3CC=C3C5CC(C)(C)CCC5(C(=O)OC5OCC(O)C(O)C5OC5OC(C)C(OC6OC(CO)C(O)C(O)C6O)C(O)C5O)C(O)CC34C)C2(C)C)C(O)C(O)C1OC1OCC(O)C(O)C1O.COC(=O)c1c(C)c2c(c(C)c1O)OC(=O)c1c(C)c(Cl)c(O)c(Cl)c1O2. The fourth-order valence-corrected chi connectivity index (χ4v) is 20.8. The van der Waals surface area contributed by atoms with Gasteiger partial charge in [-0.1, -0.05) is 83.3 Å². The van der Waals surface area contributed by atoms with Gasteiger partial charge in [-0.3, -0.25) is 4.79 Å². The quantitative estimate of drug-likeness (QED) is 0.0628. The Morgan fingerprint density at radius 3 is 1.74 bits per heavy atom. The Hall–Kier alpha value is -4.35. The van der Waals surface area contributed by atoms with Crippen LogP contribution in [0.3, 0.4) is 0 Å². The lowest BCUT2D eigenvalue weighted by molar-refractivity contribution is -0.374. The number of carbonyl (C=O) groups is 3. The molecule has 5 saturated heterocycles. The van der Waals surface area contributed by atoms with Crippen molar-refractivity contribution in [2.75, 3.05) is 26.9 Å². The maximum atomic E-state index is 15.4. The zero-order chi connectivity index (χ0) is 80.8. The molecule has 110 heavy (non-hydrogen) atoms. The van der Waals surface area contributed by atoms with E-state index >= 15 is 4.79 Å². The van der Waals surface area contributed by atoms with Crippen LogP contribution in [-0.4, -0.2) is 280 Å². The van der Waals surface area contributed by atoms with Crippen molar-refractivity contribution in [3.8, 4) is 28.7 Å². The van der Waals surface area contributed by atoms with Gasteiger partial charge < -0.3 is 143 Å². The van der Waals surface area contributed by atoms with Gasteiger partial charge in [-0.2, -0.15) is 0 Å². The number of aromatic hydroxyl groups is 2. The van der Waals surface area contributed by atoms with Crippen LogP contribution < -0.4 is 9.47 Å². The summed E-state index contributed by atoms with van der Waals surface area (Å²) in [4.78, 5) is 40.2. The van der Waals surface area contributed by atoms with Gasteiger partial charge in [-0.15, -0.1) is 0 Å². The Labute approximate surface area is 645 Å².